The standard InChI is InChI=1S/C36H43N5O3/c42-36-17-8-4-1-2-5-9-19-39-21-16-29(35(24-39)22-25-12-7-3-6-10-20-40(25)34(35)36)28(23-36)32-33-27(15-18-37-32)26-13-11-14-30(41(43)44)31(26)38-33/h1,4,7,11-15,18,23,25,29,34,38,42H,2-3,5-6,8-10,16-17,19-22,24H2/b4-1-,12-7-/t25-,29-,34+,35-,36-/m0/s1. The number of pyridine rings is 1. The van der Waals surface area contributed by atoms with Crippen LogP contribution in [-0.2, 0) is 0 Å². The van der Waals surface area contributed by atoms with Crippen LogP contribution in [0.5, 0.6) is 0 Å². The lowest BCUT2D eigenvalue weighted by Gasteiger charge is -2.58. The highest BCUT2D eigenvalue weighted by Gasteiger charge is 2.65. The first-order chi connectivity index (χ1) is 21.5. The molecule has 2 N–H and O–H groups in total. The van der Waals surface area contributed by atoms with E-state index in [4.69, 9.17) is 4.98 Å². The Morgan fingerprint density at radius 3 is 2.68 bits per heavy atom. The number of piperidine rings is 1. The Hall–Kier alpha value is -3.33. The largest absolute Gasteiger partial charge is 0.384 e. The number of aromatic amines is 1. The number of benzene rings is 1. The number of nitrogens with zero attached hydrogens (tertiary/aromatic N) is 4. The quantitative estimate of drug-likeness (QED) is 0.193. The van der Waals surface area contributed by atoms with Crippen molar-refractivity contribution in [3.8, 4) is 0 Å². The summed E-state index contributed by atoms with van der Waals surface area (Å²) in [4.78, 5) is 25.5. The van der Waals surface area contributed by atoms with Crippen LogP contribution in [0.3, 0.4) is 0 Å². The third-order valence-corrected chi connectivity index (χ3v) is 11.5. The van der Waals surface area contributed by atoms with Gasteiger partial charge in [-0.1, -0.05) is 36.4 Å². The average molecular weight is 594 g/mol. The number of allylic oxidation sites excluding steroid dienone is 4. The zero-order valence-corrected chi connectivity index (χ0v) is 25.5. The Labute approximate surface area is 258 Å². The third kappa shape index (κ3) is 4.40. The number of fused-ring (bicyclic) bond motifs is 5. The SMILES string of the molecule is O=[N+]([O-])c1cccc2c1[nH]c1c(C3=C[C@@]4(O)CC/C=C\CCCCN5CC[C@@H]3[C@]3(C[C@@H]6/C=C\CCCCN6[C@H]34)C5)nccc12. The van der Waals surface area contributed by atoms with E-state index >= 15 is 0 Å². The molecule has 1 spiro atoms. The van der Waals surface area contributed by atoms with Crippen LogP contribution in [0.4, 0.5) is 5.69 Å². The van der Waals surface area contributed by atoms with Crippen molar-refractivity contribution in [3.05, 3.63) is 76.7 Å². The highest BCUT2D eigenvalue weighted by molar-refractivity contribution is 6.12. The van der Waals surface area contributed by atoms with Gasteiger partial charge in [0.2, 0.25) is 0 Å². The van der Waals surface area contributed by atoms with Crippen molar-refractivity contribution in [3.63, 3.8) is 0 Å². The van der Waals surface area contributed by atoms with Gasteiger partial charge in [0.05, 0.1) is 27.8 Å². The van der Waals surface area contributed by atoms with Crippen LogP contribution in [0, 0.1) is 21.4 Å². The predicted molar refractivity (Wildman–Crippen MR) is 174 cm³/mol. The molecule has 8 rings (SSSR count). The van der Waals surface area contributed by atoms with E-state index < -0.39 is 5.60 Å². The highest BCUT2D eigenvalue weighted by atomic mass is 16.6. The van der Waals surface area contributed by atoms with Gasteiger partial charge in [-0.05, 0) is 107 Å². The van der Waals surface area contributed by atoms with Crippen molar-refractivity contribution in [1.82, 2.24) is 19.8 Å². The van der Waals surface area contributed by atoms with Crippen LogP contribution >= 0.6 is 0 Å². The fourth-order valence-electron chi connectivity index (χ4n) is 9.80. The van der Waals surface area contributed by atoms with E-state index in [-0.39, 0.29) is 28.0 Å². The lowest BCUT2D eigenvalue weighted by Crippen LogP contribution is -2.65. The van der Waals surface area contributed by atoms with Gasteiger partial charge in [0.25, 0.3) is 5.69 Å². The van der Waals surface area contributed by atoms with E-state index in [1.807, 2.05) is 18.3 Å². The molecule has 44 heavy (non-hydrogen) atoms. The zero-order valence-electron chi connectivity index (χ0n) is 25.5. The fourth-order valence-corrected chi connectivity index (χ4v) is 9.80. The summed E-state index contributed by atoms with van der Waals surface area (Å²) in [5.41, 5.74) is 2.29. The number of hydrogen-bond donors (Lipinski definition) is 2. The van der Waals surface area contributed by atoms with E-state index in [1.165, 1.54) is 19.3 Å². The molecule has 0 amide bonds. The average Bonchev–Trinajstić information content (AvgIpc) is 3.53. The molecule has 2 fully saturated rings. The number of aliphatic hydroxyl groups is 1. The monoisotopic (exact) mass is 593 g/mol. The minimum Gasteiger partial charge on any atom is -0.384 e. The molecule has 2 aromatic heterocycles. The molecule has 8 nitrogen and oxygen atoms in total. The number of nitro groups is 1. The molecule has 1 aromatic carbocycles. The van der Waals surface area contributed by atoms with E-state index in [2.05, 4.69) is 45.2 Å². The van der Waals surface area contributed by atoms with Crippen LogP contribution in [-0.4, -0.2) is 73.7 Å². The van der Waals surface area contributed by atoms with Crippen LogP contribution in [0.2, 0.25) is 0 Å². The number of nitro benzene ring substituents is 1. The third-order valence-electron chi connectivity index (χ3n) is 11.5. The summed E-state index contributed by atoms with van der Waals surface area (Å²) >= 11 is 0. The molecule has 4 aliphatic heterocycles. The van der Waals surface area contributed by atoms with Gasteiger partial charge in [-0.15, -0.1) is 0 Å². The zero-order chi connectivity index (χ0) is 29.9. The van der Waals surface area contributed by atoms with Crippen molar-refractivity contribution < 1.29 is 10.0 Å². The molecule has 0 radical (unpaired) electrons. The number of nitrogens with one attached hydrogen (secondary N) is 1. The number of rotatable bonds is 2. The molecule has 1 unspecified atom stereocenters. The number of para-hydroxylation sites is 1. The highest BCUT2D eigenvalue weighted by Crippen LogP contribution is 2.61. The lowest BCUT2D eigenvalue weighted by molar-refractivity contribution is -0.383. The molecule has 1 aliphatic carbocycles. The number of non-ortho nitro benzene ring substituents is 1. The van der Waals surface area contributed by atoms with E-state index in [0.29, 0.717) is 18.0 Å². The summed E-state index contributed by atoms with van der Waals surface area (Å²) in [7, 11) is 0. The van der Waals surface area contributed by atoms with Gasteiger partial charge in [0.1, 0.15) is 5.52 Å². The minimum absolute atomic E-state index is 0.0384. The Bertz CT molecular complexity index is 1690. The predicted octanol–water partition coefficient (Wildman–Crippen LogP) is 6.76. The molecule has 3 aromatic rings. The maximum atomic E-state index is 13.1. The fraction of sp³-hybridized carbons (Fsp3) is 0.528. The molecule has 230 valence electrons. The smallest absolute Gasteiger partial charge is 0.293 e. The Kier molecular flexibility index (Phi) is 7.00. The second-order valence-electron chi connectivity index (χ2n) is 13.9. The molecule has 5 aliphatic rings. The molecule has 8 heteroatoms. The van der Waals surface area contributed by atoms with Crippen LogP contribution in [0.1, 0.15) is 69.9 Å². The van der Waals surface area contributed by atoms with E-state index in [0.717, 1.165) is 92.3 Å². The maximum absolute atomic E-state index is 13.1. The molecule has 6 atom stereocenters. The summed E-state index contributed by atoms with van der Waals surface area (Å²) in [6, 6.07) is 7.60. The van der Waals surface area contributed by atoms with Gasteiger partial charge in [-0.25, -0.2) is 0 Å². The molecule has 6 heterocycles. The summed E-state index contributed by atoms with van der Waals surface area (Å²) in [5.74, 6) is 0.242. The Morgan fingerprint density at radius 2 is 1.80 bits per heavy atom. The second-order valence-corrected chi connectivity index (χ2v) is 13.9. The molecular weight excluding hydrogens is 550 g/mol. The molecule has 2 saturated heterocycles. The van der Waals surface area contributed by atoms with Crippen LogP contribution < -0.4 is 0 Å². The van der Waals surface area contributed by atoms with Gasteiger partial charge in [-0.2, -0.15) is 0 Å². The maximum Gasteiger partial charge on any atom is 0.293 e. The van der Waals surface area contributed by atoms with Gasteiger partial charge in [0, 0.05) is 41.0 Å². The van der Waals surface area contributed by atoms with Crippen molar-refractivity contribution in [2.75, 3.05) is 26.2 Å². The number of aromatic nitrogens is 2. The van der Waals surface area contributed by atoms with Crippen molar-refractivity contribution in [2.45, 2.75) is 81.9 Å². The van der Waals surface area contributed by atoms with E-state index in [1.54, 1.807) is 12.1 Å². The van der Waals surface area contributed by atoms with E-state index in [9.17, 15) is 15.2 Å². The second kappa shape index (κ2) is 10.9. The Morgan fingerprint density at radius 1 is 0.977 bits per heavy atom. The molecule has 3 bridgehead atoms. The van der Waals surface area contributed by atoms with Gasteiger partial charge < -0.3 is 15.0 Å². The summed E-state index contributed by atoms with van der Waals surface area (Å²) in [5, 5.41) is 26.8. The van der Waals surface area contributed by atoms with Crippen LogP contribution in [0.25, 0.3) is 27.4 Å². The Balaban J connectivity index is 1.35. The number of hydrogen-bond acceptors (Lipinski definition) is 6. The van der Waals surface area contributed by atoms with Gasteiger partial charge in [-0.3, -0.25) is 20.0 Å². The normalized spacial score (nSPS) is 35.8. The van der Waals surface area contributed by atoms with Crippen LogP contribution in [0.15, 0.2) is 60.8 Å². The summed E-state index contributed by atoms with van der Waals surface area (Å²) < 4.78 is 0. The van der Waals surface area contributed by atoms with Crippen molar-refractivity contribution in [1.29, 1.82) is 0 Å². The first-order valence-corrected chi connectivity index (χ1v) is 16.8. The van der Waals surface area contributed by atoms with Gasteiger partial charge >= 0.3 is 0 Å². The molecule has 0 saturated carbocycles. The topological polar surface area (TPSA) is 98.5 Å². The first-order valence-electron chi connectivity index (χ1n) is 16.8. The lowest BCUT2D eigenvalue weighted by atomic mass is 9.54. The number of H-pyrrole nitrogens is 1. The van der Waals surface area contributed by atoms with Crippen molar-refractivity contribution in [2.24, 2.45) is 11.3 Å². The van der Waals surface area contributed by atoms with Crippen molar-refractivity contribution >= 4 is 33.1 Å². The molecular formula is C36H43N5O3. The van der Waals surface area contributed by atoms with Gasteiger partial charge in [0.15, 0.2) is 0 Å². The summed E-state index contributed by atoms with van der Waals surface area (Å²) in [6.45, 7) is 4.16. The minimum atomic E-state index is -1.02. The summed E-state index contributed by atoms with van der Waals surface area (Å²) in [6.07, 6.45) is 24.0. The first kappa shape index (κ1) is 28.2.